The molecule has 0 aliphatic rings. The van der Waals surface area contributed by atoms with Crippen LogP contribution >= 0.6 is 0 Å². The molecule has 0 spiro atoms. The van der Waals surface area contributed by atoms with E-state index in [4.69, 9.17) is 9.97 Å². The first-order chi connectivity index (χ1) is 24.8. The van der Waals surface area contributed by atoms with E-state index in [9.17, 15) is 0 Å². The first kappa shape index (κ1) is 36.2. The molecular weight excluding hydrogens is 813 g/mol. The molecule has 5 aromatic carbocycles. The third-order valence-electron chi connectivity index (χ3n) is 8.82. The summed E-state index contributed by atoms with van der Waals surface area (Å²) in [6.45, 7) is 8.71. The fourth-order valence-electron chi connectivity index (χ4n) is 6.08. The second kappa shape index (κ2) is 16.2. The van der Waals surface area contributed by atoms with E-state index >= 15 is 0 Å². The molecule has 0 fully saturated rings. The molecule has 5 heteroatoms. The SMILES string of the molecule is CC(C)(C)c1ccnc(-c2[c-]ccc(-c3ccc(-c4cccc(-c5ccccc5)c4)c4nccnc34)c2)c1.Cc1ccnc(-c2[c-]cccc2)c1.[Ir]. The van der Waals surface area contributed by atoms with Gasteiger partial charge < -0.3 is 9.97 Å². The number of nitrogens with zero attached hydrogens (tertiary/aromatic N) is 4. The van der Waals surface area contributed by atoms with Gasteiger partial charge in [0.05, 0.1) is 11.0 Å². The van der Waals surface area contributed by atoms with Gasteiger partial charge in [-0.1, -0.05) is 105 Å². The van der Waals surface area contributed by atoms with Crippen molar-refractivity contribution >= 4 is 11.0 Å². The predicted molar refractivity (Wildman–Crippen MR) is 210 cm³/mol. The molecule has 0 amide bonds. The zero-order valence-corrected chi connectivity index (χ0v) is 32.0. The van der Waals surface area contributed by atoms with Gasteiger partial charge in [0.15, 0.2) is 0 Å². The maximum absolute atomic E-state index is 4.78. The van der Waals surface area contributed by atoms with E-state index in [2.05, 4.69) is 141 Å². The summed E-state index contributed by atoms with van der Waals surface area (Å²) in [6, 6.07) is 52.3. The Kier molecular flexibility index (Phi) is 11.2. The number of pyridine rings is 2. The zero-order valence-electron chi connectivity index (χ0n) is 29.6. The van der Waals surface area contributed by atoms with E-state index in [1.54, 1.807) is 12.4 Å². The largest absolute Gasteiger partial charge is 0.305 e. The second-order valence-electron chi connectivity index (χ2n) is 13.5. The molecule has 0 saturated heterocycles. The van der Waals surface area contributed by atoms with Gasteiger partial charge in [0.25, 0.3) is 0 Å². The fraction of sp³-hybridized carbons (Fsp3) is 0.106. The summed E-state index contributed by atoms with van der Waals surface area (Å²) in [5, 5.41) is 0. The minimum atomic E-state index is 0. The van der Waals surface area contributed by atoms with Crippen molar-refractivity contribution in [3.8, 4) is 55.9 Å². The second-order valence-corrected chi connectivity index (χ2v) is 13.5. The van der Waals surface area contributed by atoms with Crippen molar-refractivity contribution in [2.24, 2.45) is 0 Å². The maximum Gasteiger partial charge on any atom is 0.0970 e. The fourth-order valence-corrected chi connectivity index (χ4v) is 6.08. The Morgan fingerprint density at radius 1 is 0.462 bits per heavy atom. The average molecular weight is 851 g/mol. The van der Waals surface area contributed by atoms with E-state index in [1.165, 1.54) is 22.3 Å². The van der Waals surface area contributed by atoms with Crippen molar-refractivity contribution < 1.29 is 20.1 Å². The first-order valence-electron chi connectivity index (χ1n) is 17.1. The van der Waals surface area contributed by atoms with Crippen LogP contribution in [0.5, 0.6) is 0 Å². The summed E-state index contributed by atoms with van der Waals surface area (Å²) in [5.74, 6) is 0. The number of aryl methyl sites for hydroxylation is 1. The summed E-state index contributed by atoms with van der Waals surface area (Å²) in [7, 11) is 0. The normalized spacial score (nSPS) is 10.9. The third-order valence-corrected chi connectivity index (χ3v) is 8.82. The summed E-state index contributed by atoms with van der Waals surface area (Å²) >= 11 is 0. The van der Waals surface area contributed by atoms with Gasteiger partial charge in [0.1, 0.15) is 0 Å². The molecule has 52 heavy (non-hydrogen) atoms. The van der Waals surface area contributed by atoms with Crippen LogP contribution in [0.15, 0.2) is 158 Å². The molecule has 0 bridgehead atoms. The molecule has 3 aromatic heterocycles. The molecule has 3 heterocycles. The molecule has 1 radical (unpaired) electrons. The molecule has 8 aromatic rings. The first-order valence-corrected chi connectivity index (χ1v) is 17.1. The molecule has 0 aliphatic carbocycles. The minimum Gasteiger partial charge on any atom is -0.305 e. The molecule has 8 rings (SSSR count). The van der Waals surface area contributed by atoms with Crippen molar-refractivity contribution in [1.29, 1.82) is 0 Å². The van der Waals surface area contributed by atoms with Crippen molar-refractivity contribution in [3.05, 3.63) is 182 Å². The van der Waals surface area contributed by atoms with Crippen LogP contribution < -0.4 is 0 Å². The average Bonchev–Trinajstić information content (AvgIpc) is 3.18. The Hall–Kier alpha value is -5.61. The van der Waals surface area contributed by atoms with E-state index < -0.39 is 0 Å². The predicted octanol–water partition coefficient (Wildman–Crippen LogP) is 11.6. The van der Waals surface area contributed by atoms with Crippen molar-refractivity contribution in [1.82, 2.24) is 19.9 Å². The topological polar surface area (TPSA) is 51.6 Å². The molecule has 0 saturated carbocycles. The Bertz CT molecular complexity index is 2420. The number of aromatic nitrogens is 4. The van der Waals surface area contributed by atoms with Gasteiger partial charge in [-0.3, -0.25) is 9.97 Å². The maximum atomic E-state index is 4.78. The monoisotopic (exact) mass is 851 g/mol. The van der Waals surface area contributed by atoms with Crippen molar-refractivity contribution in [2.75, 3.05) is 0 Å². The van der Waals surface area contributed by atoms with Crippen LogP contribution in [0.25, 0.3) is 66.9 Å². The third kappa shape index (κ3) is 8.29. The van der Waals surface area contributed by atoms with Crippen LogP contribution in [-0.4, -0.2) is 19.9 Å². The van der Waals surface area contributed by atoms with Gasteiger partial charge in [-0.2, -0.15) is 0 Å². The van der Waals surface area contributed by atoms with Crippen LogP contribution in [0, 0.1) is 19.1 Å². The van der Waals surface area contributed by atoms with E-state index in [1.807, 2.05) is 54.9 Å². The molecule has 0 atom stereocenters. The summed E-state index contributed by atoms with van der Waals surface area (Å²) in [4.78, 5) is 18.5. The molecular formula is C47H38IrN4-2. The number of hydrogen-bond donors (Lipinski definition) is 0. The van der Waals surface area contributed by atoms with E-state index in [0.717, 1.165) is 55.8 Å². The van der Waals surface area contributed by atoms with Crippen molar-refractivity contribution in [2.45, 2.75) is 33.1 Å². The van der Waals surface area contributed by atoms with Crippen LogP contribution in [0.2, 0.25) is 0 Å². The summed E-state index contributed by atoms with van der Waals surface area (Å²) < 4.78 is 0. The van der Waals surface area contributed by atoms with Gasteiger partial charge in [-0.15, -0.1) is 65.7 Å². The minimum absolute atomic E-state index is 0. The van der Waals surface area contributed by atoms with Gasteiger partial charge in [-0.25, -0.2) is 0 Å². The molecule has 0 aliphatic heterocycles. The molecule has 0 N–H and O–H groups in total. The van der Waals surface area contributed by atoms with Crippen LogP contribution in [0.1, 0.15) is 31.9 Å². The Labute approximate surface area is 320 Å². The number of hydrogen-bond acceptors (Lipinski definition) is 4. The van der Waals surface area contributed by atoms with Gasteiger partial charge in [0.2, 0.25) is 0 Å². The molecule has 4 nitrogen and oxygen atoms in total. The van der Waals surface area contributed by atoms with Crippen LogP contribution in [0.4, 0.5) is 0 Å². The summed E-state index contributed by atoms with van der Waals surface area (Å²) in [6.07, 6.45) is 7.24. The number of fused-ring (bicyclic) bond motifs is 1. The number of rotatable bonds is 5. The smallest absolute Gasteiger partial charge is 0.0970 e. The quantitative estimate of drug-likeness (QED) is 0.162. The van der Waals surface area contributed by atoms with Gasteiger partial charge in [-0.05, 0) is 69.7 Å². The zero-order chi connectivity index (χ0) is 35.2. The molecule has 257 valence electrons. The Morgan fingerprint density at radius 3 is 1.75 bits per heavy atom. The van der Waals surface area contributed by atoms with Crippen molar-refractivity contribution in [3.63, 3.8) is 0 Å². The Morgan fingerprint density at radius 2 is 1.08 bits per heavy atom. The van der Waals surface area contributed by atoms with Gasteiger partial charge >= 0.3 is 0 Å². The van der Waals surface area contributed by atoms with E-state index in [0.29, 0.717) is 0 Å². The van der Waals surface area contributed by atoms with Gasteiger partial charge in [0, 0.05) is 50.5 Å². The Balaban J connectivity index is 0.000000279. The summed E-state index contributed by atoms with van der Waals surface area (Å²) in [5.41, 5.74) is 14.9. The standard InChI is InChI=1S/C35H28N3.C12H10N.Ir/c1-35(2,3)29-17-18-36-32(23-29)28-14-8-13-27(22-28)31-16-15-30(33-34(31)38-20-19-37-33)26-12-7-11-25(21-26)24-9-5-4-6-10-24;1-10-7-8-13-12(9-10)11-5-3-2-4-6-11;/h4-13,15-23H,1-3H3;2-5,7-9H,1H3;/q2*-1;. The number of benzene rings is 5. The van der Waals surface area contributed by atoms with Crippen LogP contribution in [-0.2, 0) is 25.5 Å². The van der Waals surface area contributed by atoms with E-state index in [-0.39, 0.29) is 25.5 Å². The molecule has 0 unspecified atom stereocenters. The van der Waals surface area contributed by atoms with Crippen LogP contribution in [0.3, 0.4) is 0 Å².